The van der Waals surface area contributed by atoms with Gasteiger partial charge in [-0.1, -0.05) is 18.2 Å². The predicted molar refractivity (Wildman–Crippen MR) is 105 cm³/mol. The molecule has 8 heteroatoms. The SMILES string of the molecule is C/C=C/C=C/C(=O)Nc1cnc(N2CCN(C(=O)OC(C)(C)C)CC2)cn1. The van der Waals surface area contributed by atoms with Crippen molar-refractivity contribution in [2.45, 2.75) is 33.3 Å². The molecule has 0 radical (unpaired) electrons. The number of anilines is 2. The van der Waals surface area contributed by atoms with E-state index in [1.807, 2.05) is 38.7 Å². The molecule has 1 aromatic heterocycles. The van der Waals surface area contributed by atoms with Gasteiger partial charge in [-0.25, -0.2) is 14.8 Å². The average molecular weight is 373 g/mol. The highest BCUT2D eigenvalue weighted by molar-refractivity contribution is 5.98. The molecule has 1 fully saturated rings. The Balaban J connectivity index is 1.86. The van der Waals surface area contributed by atoms with Gasteiger partial charge in [-0.15, -0.1) is 0 Å². The fourth-order valence-corrected chi connectivity index (χ4v) is 2.42. The maximum absolute atomic E-state index is 12.1. The molecule has 2 amide bonds. The van der Waals surface area contributed by atoms with Crippen molar-refractivity contribution in [3.8, 4) is 0 Å². The minimum atomic E-state index is -0.498. The van der Waals surface area contributed by atoms with Gasteiger partial charge in [0, 0.05) is 32.3 Å². The summed E-state index contributed by atoms with van der Waals surface area (Å²) < 4.78 is 5.40. The zero-order chi connectivity index (χ0) is 19.9. The number of amides is 2. The van der Waals surface area contributed by atoms with Crippen molar-refractivity contribution in [1.82, 2.24) is 14.9 Å². The summed E-state index contributed by atoms with van der Waals surface area (Å²) in [4.78, 5) is 36.2. The van der Waals surface area contributed by atoms with Gasteiger partial charge in [0.25, 0.3) is 0 Å². The van der Waals surface area contributed by atoms with E-state index in [2.05, 4.69) is 15.3 Å². The minimum Gasteiger partial charge on any atom is -0.444 e. The van der Waals surface area contributed by atoms with E-state index in [9.17, 15) is 9.59 Å². The zero-order valence-corrected chi connectivity index (χ0v) is 16.3. The highest BCUT2D eigenvalue weighted by atomic mass is 16.6. The van der Waals surface area contributed by atoms with Crippen LogP contribution in [-0.4, -0.2) is 58.6 Å². The lowest BCUT2D eigenvalue weighted by atomic mass is 10.2. The second-order valence-corrected chi connectivity index (χ2v) is 7.09. The summed E-state index contributed by atoms with van der Waals surface area (Å²) >= 11 is 0. The van der Waals surface area contributed by atoms with E-state index >= 15 is 0 Å². The summed E-state index contributed by atoms with van der Waals surface area (Å²) in [6.45, 7) is 9.85. The third kappa shape index (κ3) is 6.73. The zero-order valence-electron chi connectivity index (χ0n) is 16.3. The summed E-state index contributed by atoms with van der Waals surface area (Å²) in [6, 6.07) is 0. The molecule has 1 saturated heterocycles. The number of piperazine rings is 1. The highest BCUT2D eigenvalue weighted by Crippen LogP contribution is 2.16. The molecule has 27 heavy (non-hydrogen) atoms. The third-order valence-corrected chi connectivity index (χ3v) is 3.70. The van der Waals surface area contributed by atoms with Crippen LogP contribution in [0.3, 0.4) is 0 Å². The van der Waals surface area contributed by atoms with Crippen molar-refractivity contribution in [1.29, 1.82) is 0 Å². The molecule has 0 bridgehead atoms. The van der Waals surface area contributed by atoms with Crippen molar-refractivity contribution in [2.24, 2.45) is 0 Å². The summed E-state index contributed by atoms with van der Waals surface area (Å²) in [7, 11) is 0. The number of nitrogens with zero attached hydrogens (tertiary/aromatic N) is 4. The molecule has 1 N–H and O–H groups in total. The van der Waals surface area contributed by atoms with Gasteiger partial charge in [0.15, 0.2) is 5.82 Å². The van der Waals surface area contributed by atoms with E-state index in [4.69, 9.17) is 4.74 Å². The van der Waals surface area contributed by atoms with Crippen LogP contribution in [0.15, 0.2) is 36.7 Å². The number of allylic oxidation sites excluding steroid dienone is 3. The van der Waals surface area contributed by atoms with Crippen LogP contribution in [-0.2, 0) is 9.53 Å². The normalized spacial score (nSPS) is 15.4. The van der Waals surface area contributed by atoms with Gasteiger partial charge < -0.3 is 19.9 Å². The lowest BCUT2D eigenvalue weighted by Crippen LogP contribution is -2.50. The number of ether oxygens (including phenoxy) is 1. The molecule has 0 spiro atoms. The fourth-order valence-electron chi connectivity index (χ4n) is 2.42. The van der Waals surface area contributed by atoms with Crippen LogP contribution in [0.25, 0.3) is 0 Å². The van der Waals surface area contributed by atoms with E-state index in [1.54, 1.807) is 23.2 Å². The largest absolute Gasteiger partial charge is 0.444 e. The van der Waals surface area contributed by atoms with E-state index in [0.717, 1.165) is 0 Å². The molecule has 0 aromatic carbocycles. The van der Waals surface area contributed by atoms with Crippen molar-refractivity contribution in [3.05, 3.63) is 36.7 Å². The summed E-state index contributed by atoms with van der Waals surface area (Å²) in [6.07, 6.45) is 9.53. The summed E-state index contributed by atoms with van der Waals surface area (Å²) in [5, 5.41) is 2.65. The minimum absolute atomic E-state index is 0.263. The highest BCUT2D eigenvalue weighted by Gasteiger charge is 2.26. The Morgan fingerprint density at radius 3 is 2.37 bits per heavy atom. The molecule has 2 rings (SSSR count). The van der Waals surface area contributed by atoms with Crippen molar-refractivity contribution < 1.29 is 14.3 Å². The number of hydrogen-bond donors (Lipinski definition) is 1. The average Bonchev–Trinajstić information content (AvgIpc) is 2.61. The molecular formula is C19H27N5O3. The smallest absolute Gasteiger partial charge is 0.410 e. The molecule has 0 atom stereocenters. The topological polar surface area (TPSA) is 87.7 Å². The van der Waals surface area contributed by atoms with Gasteiger partial charge in [0.1, 0.15) is 11.4 Å². The van der Waals surface area contributed by atoms with Gasteiger partial charge in [0.2, 0.25) is 5.91 Å². The van der Waals surface area contributed by atoms with Gasteiger partial charge >= 0.3 is 6.09 Å². The fraction of sp³-hybridized carbons (Fsp3) is 0.474. The Morgan fingerprint density at radius 1 is 1.11 bits per heavy atom. The van der Waals surface area contributed by atoms with Crippen LogP contribution < -0.4 is 10.2 Å². The van der Waals surface area contributed by atoms with E-state index in [0.29, 0.717) is 37.8 Å². The molecule has 0 unspecified atom stereocenters. The lowest BCUT2D eigenvalue weighted by molar-refractivity contribution is -0.111. The van der Waals surface area contributed by atoms with Crippen LogP contribution in [0.5, 0.6) is 0 Å². The Morgan fingerprint density at radius 2 is 1.81 bits per heavy atom. The second kappa shape index (κ2) is 9.16. The number of aromatic nitrogens is 2. The lowest BCUT2D eigenvalue weighted by Gasteiger charge is -2.36. The Kier molecular flexibility index (Phi) is 6.92. The van der Waals surface area contributed by atoms with Crippen molar-refractivity contribution in [3.63, 3.8) is 0 Å². The molecule has 0 aliphatic carbocycles. The van der Waals surface area contributed by atoms with Crippen LogP contribution >= 0.6 is 0 Å². The molecule has 2 heterocycles. The Hall–Kier alpha value is -2.90. The number of hydrogen-bond acceptors (Lipinski definition) is 6. The van der Waals surface area contributed by atoms with Gasteiger partial charge in [-0.3, -0.25) is 4.79 Å². The quantitative estimate of drug-likeness (QED) is 0.645. The van der Waals surface area contributed by atoms with Crippen molar-refractivity contribution in [2.75, 3.05) is 36.4 Å². The molecule has 8 nitrogen and oxygen atoms in total. The monoisotopic (exact) mass is 373 g/mol. The first-order valence-electron chi connectivity index (χ1n) is 8.94. The summed E-state index contributed by atoms with van der Waals surface area (Å²) in [5.74, 6) is 0.837. The van der Waals surface area contributed by atoms with Gasteiger partial charge in [-0.05, 0) is 27.7 Å². The molecular weight excluding hydrogens is 346 g/mol. The van der Waals surface area contributed by atoms with Crippen LogP contribution in [0.1, 0.15) is 27.7 Å². The molecule has 1 aliphatic rings. The third-order valence-electron chi connectivity index (χ3n) is 3.70. The van der Waals surface area contributed by atoms with Gasteiger partial charge in [-0.2, -0.15) is 0 Å². The maximum atomic E-state index is 12.1. The number of rotatable bonds is 4. The van der Waals surface area contributed by atoms with Crippen LogP contribution in [0.2, 0.25) is 0 Å². The number of nitrogens with one attached hydrogen (secondary N) is 1. The van der Waals surface area contributed by atoms with Crippen LogP contribution in [0.4, 0.5) is 16.4 Å². The summed E-state index contributed by atoms with van der Waals surface area (Å²) in [5.41, 5.74) is -0.498. The number of carbonyl (C=O) groups excluding carboxylic acids is 2. The molecule has 0 saturated carbocycles. The first kappa shape index (κ1) is 20.4. The van der Waals surface area contributed by atoms with E-state index in [1.165, 1.54) is 12.3 Å². The van der Waals surface area contributed by atoms with Gasteiger partial charge in [0.05, 0.1) is 12.4 Å². The van der Waals surface area contributed by atoms with Crippen LogP contribution in [0, 0.1) is 0 Å². The Labute approximate surface area is 159 Å². The first-order valence-corrected chi connectivity index (χ1v) is 8.94. The number of carbonyl (C=O) groups is 2. The maximum Gasteiger partial charge on any atom is 0.410 e. The Bertz CT molecular complexity index is 699. The van der Waals surface area contributed by atoms with E-state index < -0.39 is 5.60 Å². The van der Waals surface area contributed by atoms with Crippen molar-refractivity contribution >= 4 is 23.6 Å². The van der Waals surface area contributed by atoms with E-state index in [-0.39, 0.29) is 12.0 Å². The first-order chi connectivity index (χ1) is 12.8. The molecule has 146 valence electrons. The standard InChI is InChI=1S/C19H27N5O3/c1-5-6-7-8-17(25)22-15-13-21-16(14-20-15)23-9-11-24(12-10-23)18(26)27-19(2,3)4/h5-8,13-14H,9-12H2,1-4H3,(H,20,22,25)/b6-5+,8-7+. The predicted octanol–water partition coefficient (Wildman–Crippen LogP) is 2.60. The molecule has 1 aliphatic heterocycles. The second-order valence-electron chi connectivity index (χ2n) is 7.09. The molecule has 1 aromatic rings.